The molecule has 1 fully saturated rings. The summed E-state index contributed by atoms with van der Waals surface area (Å²) < 4.78 is 0. The Labute approximate surface area is 139 Å². The molecule has 1 saturated heterocycles. The molecule has 0 saturated carbocycles. The molecule has 1 aliphatic rings. The molecule has 23 heavy (non-hydrogen) atoms. The number of nitrogens with zero attached hydrogens (tertiary/aromatic N) is 1. The van der Waals surface area contributed by atoms with Crippen molar-refractivity contribution in [2.45, 2.75) is 12.5 Å². The number of hydrogen-bond donors (Lipinski definition) is 2. The summed E-state index contributed by atoms with van der Waals surface area (Å²) in [6, 6.07) is 17.3. The first-order valence-electron chi connectivity index (χ1n) is 7.48. The van der Waals surface area contributed by atoms with Crippen LogP contribution >= 0.6 is 12.2 Å². The largest absolute Gasteiger partial charge is 0.361 e. The zero-order chi connectivity index (χ0) is 15.8. The number of carbonyl (C=O) groups is 1. The highest BCUT2D eigenvalue weighted by molar-refractivity contribution is 7.80. The number of thiocarbonyl (C=S) groups is 1. The summed E-state index contributed by atoms with van der Waals surface area (Å²) in [5.41, 5.74) is 3.00. The first-order valence-corrected chi connectivity index (χ1v) is 7.89. The molecule has 1 aromatic heterocycles. The van der Waals surface area contributed by atoms with Crippen LogP contribution in [0.2, 0.25) is 0 Å². The lowest BCUT2D eigenvalue weighted by Crippen LogP contribution is -2.32. The SMILES string of the molecule is O=C1[C@@H](Cc2c[nH]c3ccccc23)NC(=S)N1c1ccccc1. The van der Waals surface area contributed by atoms with E-state index < -0.39 is 0 Å². The highest BCUT2D eigenvalue weighted by Gasteiger charge is 2.36. The molecule has 1 aliphatic heterocycles. The fraction of sp³-hybridized carbons (Fsp3) is 0.111. The van der Waals surface area contributed by atoms with E-state index in [0.29, 0.717) is 11.5 Å². The van der Waals surface area contributed by atoms with E-state index >= 15 is 0 Å². The van der Waals surface area contributed by atoms with E-state index in [2.05, 4.69) is 16.4 Å². The van der Waals surface area contributed by atoms with Gasteiger partial charge in [0.05, 0.1) is 5.69 Å². The van der Waals surface area contributed by atoms with Crippen molar-refractivity contribution in [2.24, 2.45) is 0 Å². The summed E-state index contributed by atoms with van der Waals surface area (Å²) >= 11 is 5.35. The van der Waals surface area contributed by atoms with Crippen LogP contribution in [0.15, 0.2) is 60.8 Å². The highest BCUT2D eigenvalue weighted by Crippen LogP contribution is 2.24. The van der Waals surface area contributed by atoms with Gasteiger partial charge in [0.15, 0.2) is 5.11 Å². The molecule has 0 spiro atoms. The predicted molar refractivity (Wildman–Crippen MR) is 95.5 cm³/mol. The molecule has 2 N–H and O–H groups in total. The standard InChI is InChI=1S/C18H15N3OS/c22-17-16(10-12-11-19-15-9-5-4-8-14(12)15)20-18(23)21(17)13-6-2-1-3-7-13/h1-9,11,16,19H,10H2,(H,20,23)/t16-/m1/s1. The minimum atomic E-state index is -0.332. The summed E-state index contributed by atoms with van der Waals surface area (Å²) in [6.45, 7) is 0. The van der Waals surface area contributed by atoms with Crippen LogP contribution in [0.1, 0.15) is 5.56 Å². The average molecular weight is 321 g/mol. The fourth-order valence-electron chi connectivity index (χ4n) is 3.01. The number of rotatable bonds is 3. The Morgan fingerprint density at radius 1 is 1.04 bits per heavy atom. The van der Waals surface area contributed by atoms with E-state index in [-0.39, 0.29) is 11.9 Å². The van der Waals surface area contributed by atoms with Crippen molar-refractivity contribution in [1.82, 2.24) is 10.3 Å². The minimum absolute atomic E-state index is 0.00789. The predicted octanol–water partition coefficient (Wildman–Crippen LogP) is 3.00. The number of fused-ring (bicyclic) bond motifs is 1. The normalized spacial score (nSPS) is 17.7. The minimum Gasteiger partial charge on any atom is -0.361 e. The van der Waals surface area contributed by atoms with E-state index in [9.17, 15) is 4.79 Å². The lowest BCUT2D eigenvalue weighted by Gasteiger charge is -2.14. The van der Waals surface area contributed by atoms with Crippen molar-refractivity contribution in [3.8, 4) is 0 Å². The molecule has 0 aliphatic carbocycles. The maximum atomic E-state index is 12.7. The van der Waals surface area contributed by atoms with Gasteiger partial charge < -0.3 is 10.3 Å². The number of nitrogens with one attached hydrogen (secondary N) is 2. The van der Waals surface area contributed by atoms with E-state index in [1.54, 1.807) is 4.90 Å². The van der Waals surface area contributed by atoms with E-state index in [4.69, 9.17) is 12.2 Å². The molecule has 1 amide bonds. The molecule has 4 nitrogen and oxygen atoms in total. The summed E-state index contributed by atoms with van der Waals surface area (Å²) in [7, 11) is 0. The number of benzene rings is 2. The fourth-order valence-corrected chi connectivity index (χ4v) is 3.35. The summed E-state index contributed by atoms with van der Waals surface area (Å²) in [6.07, 6.45) is 2.57. The van der Waals surface area contributed by atoms with Crippen LogP contribution in [0, 0.1) is 0 Å². The quantitative estimate of drug-likeness (QED) is 0.729. The molecular formula is C18H15N3OS. The zero-order valence-electron chi connectivity index (χ0n) is 12.3. The Bertz CT molecular complexity index is 887. The van der Waals surface area contributed by atoms with Gasteiger partial charge in [-0.3, -0.25) is 9.69 Å². The Balaban J connectivity index is 1.61. The van der Waals surface area contributed by atoms with E-state index in [0.717, 1.165) is 22.2 Å². The molecule has 1 atom stereocenters. The van der Waals surface area contributed by atoms with Gasteiger partial charge in [-0.05, 0) is 36.0 Å². The monoisotopic (exact) mass is 321 g/mol. The molecule has 5 heteroatoms. The molecule has 2 aromatic carbocycles. The number of aromatic nitrogens is 1. The Morgan fingerprint density at radius 3 is 2.61 bits per heavy atom. The van der Waals surface area contributed by atoms with Gasteiger partial charge in [0.1, 0.15) is 6.04 Å². The second-order valence-corrected chi connectivity index (χ2v) is 5.96. The van der Waals surface area contributed by atoms with Crippen LogP contribution in [0.25, 0.3) is 10.9 Å². The van der Waals surface area contributed by atoms with Gasteiger partial charge in [-0.2, -0.15) is 0 Å². The zero-order valence-corrected chi connectivity index (χ0v) is 13.1. The Hall–Kier alpha value is -2.66. The number of carbonyl (C=O) groups excluding carboxylic acids is 1. The maximum Gasteiger partial charge on any atom is 0.256 e. The smallest absolute Gasteiger partial charge is 0.256 e. The summed E-state index contributed by atoms with van der Waals surface area (Å²) in [4.78, 5) is 17.6. The molecule has 2 heterocycles. The number of anilines is 1. The molecule has 0 unspecified atom stereocenters. The van der Waals surface area contributed by atoms with Crippen LogP contribution in [-0.4, -0.2) is 22.0 Å². The molecule has 0 radical (unpaired) electrons. The first kappa shape index (κ1) is 14.0. The number of amides is 1. The van der Waals surface area contributed by atoms with Crippen molar-refractivity contribution in [1.29, 1.82) is 0 Å². The van der Waals surface area contributed by atoms with E-state index in [1.165, 1.54) is 0 Å². The van der Waals surface area contributed by atoms with Gasteiger partial charge in [-0.25, -0.2) is 0 Å². The second-order valence-electron chi connectivity index (χ2n) is 5.57. The molecule has 0 bridgehead atoms. The van der Waals surface area contributed by atoms with Gasteiger partial charge in [0.2, 0.25) is 0 Å². The Morgan fingerprint density at radius 2 is 1.78 bits per heavy atom. The van der Waals surface area contributed by atoms with Gasteiger partial charge in [0, 0.05) is 23.5 Å². The summed E-state index contributed by atoms with van der Waals surface area (Å²) in [5.74, 6) is -0.00789. The third kappa shape index (κ3) is 2.39. The lowest BCUT2D eigenvalue weighted by atomic mass is 10.0. The van der Waals surface area contributed by atoms with Crippen molar-refractivity contribution >= 4 is 39.8 Å². The van der Waals surface area contributed by atoms with Crippen LogP contribution in [0.3, 0.4) is 0 Å². The molecule has 114 valence electrons. The number of para-hydroxylation sites is 2. The van der Waals surface area contributed by atoms with Crippen LogP contribution in [0.4, 0.5) is 5.69 Å². The first-order chi connectivity index (χ1) is 11.2. The number of H-pyrrole nitrogens is 1. The third-order valence-electron chi connectivity index (χ3n) is 4.13. The van der Waals surface area contributed by atoms with Gasteiger partial charge in [-0.15, -0.1) is 0 Å². The topological polar surface area (TPSA) is 48.1 Å². The highest BCUT2D eigenvalue weighted by atomic mass is 32.1. The summed E-state index contributed by atoms with van der Waals surface area (Å²) in [5, 5.41) is 4.76. The maximum absolute atomic E-state index is 12.7. The van der Waals surface area contributed by atoms with Crippen molar-refractivity contribution in [3.05, 3.63) is 66.4 Å². The molecule has 3 aromatic rings. The van der Waals surface area contributed by atoms with Crippen molar-refractivity contribution in [2.75, 3.05) is 4.90 Å². The van der Waals surface area contributed by atoms with Crippen molar-refractivity contribution in [3.63, 3.8) is 0 Å². The second kappa shape index (κ2) is 5.52. The Kier molecular flexibility index (Phi) is 3.35. The average Bonchev–Trinajstić information content (AvgIpc) is 3.10. The van der Waals surface area contributed by atoms with Crippen LogP contribution in [-0.2, 0) is 11.2 Å². The van der Waals surface area contributed by atoms with Crippen molar-refractivity contribution < 1.29 is 4.79 Å². The lowest BCUT2D eigenvalue weighted by molar-refractivity contribution is -0.118. The van der Waals surface area contributed by atoms with Gasteiger partial charge >= 0.3 is 0 Å². The van der Waals surface area contributed by atoms with Gasteiger partial charge in [0.25, 0.3) is 5.91 Å². The van der Waals surface area contributed by atoms with E-state index in [1.807, 2.05) is 54.7 Å². The number of aromatic amines is 1. The molecular weight excluding hydrogens is 306 g/mol. The third-order valence-corrected chi connectivity index (χ3v) is 4.43. The van der Waals surface area contributed by atoms with Crippen LogP contribution in [0.5, 0.6) is 0 Å². The number of hydrogen-bond acceptors (Lipinski definition) is 2. The molecule has 4 rings (SSSR count). The van der Waals surface area contributed by atoms with Gasteiger partial charge in [-0.1, -0.05) is 36.4 Å². The van der Waals surface area contributed by atoms with Crippen LogP contribution < -0.4 is 10.2 Å².